The lowest BCUT2D eigenvalue weighted by Gasteiger charge is -2.21. The zero-order valence-electron chi connectivity index (χ0n) is 15.7. The summed E-state index contributed by atoms with van der Waals surface area (Å²) in [5.74, 6) is -0.280. The zero-order chi connectivity index (χ0) is 19.1. The van der Waals surface area contributed by atoms with Crippen molar-refractivity contribution in [2.75, 3.05) is 11.4 Å². The van der Waals surface area contributed by atoms with Crippen molar-refractivity contribution in [3.63, 3.8) is 0 Å². The van der Waals surface area contributed by atoms with Crippen LogP contribution >= 0.6 is 0 Å². The van der Waals surface area contributed by atoms with Gasteiger partial charge in [0, 0.05) is 10.9 Å². The van der Waals surface area contributed by atoms with Gasteiger partial charge in [-0.25, -0.2) is 0 Å². The third kappa shape index (κ3) is 2.97. The van der Waals surface area contributed by atoms with E-state index in [2.05, 4.69) is 23.5 Å². The second kappa shape index (κ2) is 6.54. The van der Waals surface area contributed by atoms with Gasteiger partial charge in [-0.05, 0) is 49.4 Å². The molecule has 1 aliphatic rings. The van der Waals surface area contributed by atoms with Crippen molar-refractivity contribution in [3.05, 3.63) is 76.9 Å². The summed E-state index contributed by atoms with van der Waals surface area (Å²) < 4.78 is 0. The molecule has 0 fully saturated rings. The predicted molar refractivity (Wildman–Crippen MR) is 108 cm³/mol. The molecule has 0 saturated carbocycles. The molecule has 27 heavy (non-hydrogen) atoms. The number of carbonyl (C=O) groups excluding carboxylic acids is 2. The predicted octanol–water partition coefficient (Wildman–Crippen LogP) is 4.29. The van der Waals surface area contributed by atoms with E-state index in [0.29, 0.717) is 5.56 Å². The average Bonchev–Trinajstić information content (AvgIpc) is 2.92. The van der Waals surface area contributed by atoms with Gasteiger partial charge in [0.25, 0.3) is 5.91 Å². The first-order valence-electron chi connectivity index (χ1n) is 9.16. The fourth-order valence-corrected chi connectivity index (χ4v) is 3.87. The maximum absolute atomic E-state index is 12.8. The van der Waals surface area contributed by atoms with E-state index in [4.69, 9.17) is 0 Å². The Morgan fingerprint density at radius 2 is 1.81 bits per heavy atom. The Hall–Kier alpha value is -3.14. The van der Waals surface area contributed by atoms with Crippen molar-refractivity contribution in [2.24, 2.45) is 0 Å². The summed E-state index contributed by atoms with van der Waals surface area (Å²) in [5.41, 5.74) is 4.87. The highest BCUT2D eigenvalue weighted by Gasteiger charge is 2.31. The Bertz CT molecular complexity index is 1070. The number of benzene rings is 3. The average molecular weight is 358 g/mol. The number of nitrogens with one attached hydrogen (secondary N) is 1. The van der Waals surface area contributed by atoms with E-state index in [1.807, 2.05) is 57.2 Å². The van der Waals surface area contributed by atoms with Gasteiger partial charge < -0.3 is 5.32 Å². The van der Waals surface area contributed by atoms with Crippen LogP contribution in [0, 0.1) is 13.8 Å². The molecule has 0 spiro atoms. The molecule has 4 rings (SSSR count). The Balaban J connectivity index is 1.55. The number of aryl methyl sites for hydroxylation is 2. The Labute approximate surface area is 158 Å². The van der Waals surface area contributed by atoms with Crippen LogP contribution in [0.3, 0.4) is 0 Å². The molecule has 0 radical (unpaired) electrons. The van der Waals surface area contributed by atoms with Gasteiger partial charge in [-0.15, -0.1) is 0 Å². The molecule has 1 atom stereocenters. The first-order valence-corrected chi connectivity index (χ1v) is 9.16. The first kappa shape index (κ1) is 17.3. The molecule has 0 aliphatic carbocycles. The second-order valence-electron chi connectivity index (χ2n) is 7.22. The number of nitrogens with zero attached hydrogens (tertiary/aromatic N) is 1. The summed E-state index contributed by atoms with van der Waals surface area (Å²) in [6.45, 7) is 6.07. The summed E-state index contributed by atoms with van der Waals surface area (Å²) in [6, 6.07) is 17.6. The molecular weight excluding hydrogens is 336 g/mol. The number of carbonyl (C=O) groups is 2. The van der Waals surface area contributed by atoms with Crippen molar-refractivity contribution in [2.45, 2.75) is 26.8 Å². The normalized spacial score (nSPS) is 13.9. The molecule has 0 saturated heterocycles. The van der Waals surface area contributed by atoms with Crippen molar-refractivity contribution in [1.29, 1.82) is 0 Å². The van der Waals surface area contributed by atoms with Crippen LogP contribution in [-0.2, 0) is 4.79 Å². The topological polar surface area (TPSA) is 49.4 Å². The van der Waals surface area contributed by atoms with Crippen molar-refractivity contribution < 1.29 is 9.59 Å². The molecule has 4 heteroatoms. The number of hydrogen-bond acceptors (Lipinski definition) is 2. The molecule has 3 aromatic rings. The molecule has 1 N–H and O–H groups in total. The van der Waals surface area contributed by atoms with E-state index in [-0.39, 0.29) is 24.4 Å². The lowest BCUT2D eigenvalue weighted by atomic mass is 10.00. The largest absolute Gasteiger partial charge is 0.348 e. The smallest absolute Gasteiger partial charge is 0.259 e. The number of hydrogen-bond donors (Lipinski definition) is 1. The fraction of sp³-hybridized carbons (Fsp3) is 0.217. The van der Waals surface area contributed by atoms with Gasteiger partial charge in [-0.2, -0.15) is 0 Å². The monoisotopic (exact) mass is 358 g/mol. The maximum atomic E-state index is 12.8. The van der Waals surface area contributed by atoms with E-state index >= 15 is 0 Å². The summed E-state index contributed by atoms with van der Waals surface area (Å²) >= 11 is 0. The van der Waals surface area contributed by atoms with E-state index in [9.17, 15) is 9.59 Å². The summed E-state index contributed by atoms with van der Waals surface area (Å²) in [5, 5.41) is 4.99. The molecule has 136 valence electrons. The van der Waals surface area contributed by atoms with Crippen LogP contribution in [0.5, 0.6) is 0 Å². The van der Waals surface area contributed by atoms with Crippen molar-refractivity contribution in [3.8, 4) is 0 Å². The van der Waals surface area contributed by atoms with Gasteiger partial charge in [0.2, 0.25) is 5.91 Å². The van der Waals surface area contributed by atoms with Gasteiger partial charge in [0.1, 0.15) is 6.54 Å². The quantitative estimate of drug-likeness (QED) is 0.756. The molecule has 0 bridgehead atoms. The van der Waals surface area contributed by atoms with Gasteiger partial charge >= 0.3 is 0 Å². The zero-order valence-corrected chi connectivity index (χ0v) is 15.7. The van der Waals surface area contributed by atoms with Gasteiger partial charge in [0.15, 0.2) is 0 Å². The molecule has 1 aliphatic heterocycles. The Morgan fingerprint density at radius 3 is 2.59 bits per heavy atom. The molecule has 1 heterocycles. The van der Waals surface area contributed by atoms with Gasteiger partial charge in [-0.3, -0.25) is 14.5 Å². The van der Waals surface area contributed by atoms with Gasteiger partial charge in [0.05, 0.1) is 11.7 Å². The van der Waals surface area contributed by atoms with E-state index in [0.717, 1.165) is 33.2 Å². The van der Waals surface area contributed by atoms with Crippen LogP contribution in [0.15, 0.2) is 54.6 Å². The fourth-order valence-electron chi connectivity index (χ4n) is 3.87. The standard InChI is InChI=1S/C23H22N2O2/c1-14-10-11-15(2)19(12-14)16(3)24-21(26)13-25-20-9-5-7-17-6-4-8-18(22(17)20)23(25)27/h4-12,16H,13H2,1-3H3,(H,24,26)/t16-/m1/s1. The van der Waals surface area contributed by atoms with Crippen LogP contribution in [-0.4, -0.2) is 18.4 Å². The summed E-state index contributed by atoms with van der Waals surface area (Å²) in [4.78, 5) is 27.1. The van der Waals surface area contributed by atoms with Gasteiger partial charge in [-0.1, -0.05) is 48.0 Å². The minimum Gasteiger partial charge on any atom is -0.348 e. The Kier molecular flexibility index (Phi) is 4.19. The van der Waals surface area contributed by atoms with E-state index < -0.39 is 0 Å². The first-order chi connectivity index (χ1) is 13.0. The molecule has 0 unspecified atom stereocenters. The number of amides is 2. The second-order valence-corrected chi connectivity index (χ2v) is 7.22. The highest BCUT2D eigenvalue weighted by molar-refractivity contribution is 6.26. The van der Waals surface area contributed by atoms with Crippen LogP contribution in [0.2, 0.25) is 0 Å². The van der Waals surface area contributed by atoms with Crippen LogP contribution < -0.4 is 10.2 Å². The van der Waals surface area contributed by atoms with Crippen LogP contribution in [0.25, 0.3) is 10.8 Å². The Morgan fingerprint density at radius 1 is 1.07 bits per heavy atom. The minimum absolute atomic E-state index is 0.0157. The molecule has 3 aromatic carbocycles. The van der Waals surface area contributed by atoms with Crippen molar-refractivity contribution in [1.82, 2.24) is 5.32 Å². The molecule has 4 nitrogen and oxygen atoms in total. The van der Waals surface area contributed by atoms with Crippen molar-refractivity contribution >= 4 is 28.3 Å². The highest BCUT2D eigenvalue weighted by Crippen LogP contribution is 2.36. The molecular formula is C23H22N2O2. The summed E-state index contributed by atoms with van der Waals surface area (Å²) in [7, 11) is 0. The lowest BCUT2D eigenvalue weighted by Crippen LogP contribution is -2.40. The lowest BCUT2D eigenvalue weighted by molar-refractivity contribution is -0.120. The maximum Gasteiger partial charge on any atom is 0.259 e. The summed E-state index contributed by atoms with van der Waals surface area (Å²) in [6.07, 6.45) is 0. The third-order valence-corrected chi connectivity index (χ3v) is 5.23. The number of anilines is 1. The van der Waals surface area contributed by atoms with E-state index in [1.54, 1.807) is 4.90 Å². The van der Waals surface area contributed by atoms with Crippen LogP contribution in [0.1, 0.15) is 40.0 Å². The van der Waals surface area contributed by atoms with E-state index in [1.165, 1.54) is 0 Å². The molecule has 0 aromatic heterocycles. The minimum atomic E-state index is -0.165. The highest BCUT2D eigenvalue weighted by atomic mass is 16.2. The molecule has 2 amide bonds. The van der Waals surface area contributed by atoms with Crippen LogP contribution in [0.4, 0.5) is 5.69 Å². The SMILES string of the molecule is Cc1ccc(C)c([C@@H](C)NC(=O)CN2C(=O)c3cccc4cccc2c34)c1. The number of rotatable bonds is 4. The third-order valence-electron chi connectivity index (χ3n) is 5.23.